The second-order valence-electron chi connectivity index (χ2n) is 5.89. The molecule has 0 bridgehead atoms. The lowest BCUT2D eigenvalue weighted by Crippen LogP contribution is -2.39. The number of hydrogen-bond acceptors (Lipinski definition) is 3. The predicted octanol–water partition coefficient (Wildman–Crippen LogP) is 3.56. The minimum Gasteiger partial charge on any atom is -0.487 e. The summed E-state index contributed by atoms with van der Waals surface area (Å²) < 4.78 is 6.04. The Balaban J connectivity index is 2.40. The standard InChI is InChI=1S/C15H23NO2/c1-10(2)11-6-7-14-12(8-11)13(16-17-5)9-15(3,4)18-14/h6-8,10,13,16H,9H2,1-5H3. The molecule has 0 radical (unpaired) electrons. The molecule has 0 amide bonds. The van der Waals surface area contributed by atoms with Gasteiger partial charge < -0.3 is 9.57 Å². The van der Waals surface area contributed by atoms with E-state index in [4.69, 9.17) is 9.57 Å². The summed E-state index contributed by atoms with van der Waals surface area (Å²) >= 11 is 0. The second-order valence-corrected chi connectivity index (χ2v) is 5.89. The van der Waals surface area contributed by atoms with Crippen LogP contribution in [0.15, 0.2) is 18.2 Å². The number of rotatable bonds is 3. The lowest BCUT2D eigenvalue weighted by Gasteiger charge is -2.37. The Bertz CT molecular complexity index is 427. The molecular formula is C15H23NO2. The maximum atomic E-state index is 6.04. The van der Waals surface area contributed by atoms with Crippen molar-refractivity contribution in [2.45, 2.75) is 51.7 Å². The molecule has 1 unspecified atom stereocenters. The number of hydrogen-bond donors (Lipinski definition) is 1. The van der Waals surface area contributed by atoms with Gasteiger partial charge in [-0.3, -0.25) is 0 Å². The summed E-state index contributed by atoms with van der Waals surface area (Å²) in [6.07, 6.45) is 0.898. The van der Waals surface area contributed by atoms with Crippen LogP contribution in [0.4, 0.5) is 0 Å². The van der Waals surface area contributed by atoms with Crippen LogP contribution in [0.25, 0.3) is 0 Å². The molecule has 1 aliphatic heterocycles. The molecule has 3 heteroatoms. The van der Waals surface area contributed by atoms with Crippen LogP contribution in [0.2, 0.25) is 0 Å². The summed E-state index contributed by atoms with van der Waals surface area (Å²) in [5.74, 6) is 1.48. The third kappa shape index (κ3) is 2.68. The summed E-state index contributed by atoms with van der Waals surface area (Å²) in [4.78, 5) is 5.13. The second kappa shape index (κ2) is 4.90. The lowest BCUT2D eigenvalue weighted by molar-refractivity contribution is 0.00293. The van der Waals surface area contributed by atoms with E-state index in [-0.39, 0.29) is 11.6 Å². The first kappa shape index (κ1) is 13.4. The fraction of sp³-hybridized carbons (Fsp3) is 0.600. The molecule has 1 heterocycles. The molecule has 1 aromatic rings. The molecule has 0 fully saturated rings. The van der Waals surface area contributed by atoms with E-state index >= 15 is 0 Å². The van der Waals surface area contributed by atoms with Crippen molar-refractivity contribution in [2.75, 3.05) is 7.11 Å². The third-order valence-corrected chi connectivity index (χ3v) is 3.42. The van der Waals surface area contributed by atoms with Gasteiger partial charge in [0.05, 0.1) is 13.2 Å². The van der Waals surface area contributed by atoms with Crippen LogP contribution in [0, 0.1) is 0 Å². The van der Waals surface area contributed by atoms with Gasteiger partial charge in [-0.05, 0) is 31.4 Å². The number of ether oxygens (including phenoxy) is 1. The fourth-order valence-electron chi connectivity index (χ4n) is 2.48. The zero-order valence-electron chi connectivity index (χ0n) is 11.9. The van der Waals surface area contributed by atoms with Gasteiger partial charge >= 0.3 is 0 Å². The van der Waals surface area contributed by atoms with Crippen LogP contribution in [0.3, 0.4) is 0 Å². The van der Waals surface area contributed by atoms with Gasteiger partial charge in [0, 0.05) is 12.0 Å². The molecule has 0 aromatic heterocycles. The Kier molecular flexibility index (Phi) is 3.64. The van der Waals surface area contributed by atoms with Crippen molar-refractivity contribution in [3.05, 3.63) is 29.3 Å². The molecule has 1 aliphatic rings. The molecular weight excluding hydrogens is 226 g/mol. The van der Waals surface area contributed by atoms with Crippen LogP contribution in [-0.4, -0.2) is 12.7 Å². The van der Waals surface area contributed by atoms with Gasteiger partial charge in [-0.25, -0.2) is 0 Å². The molecule has 1 N–H and O–H groups in total. The van der Waals surface area contributed by atoms with Gasteiger partial charge in [0.2, 0.25) is 0 Å². The molecule has 2 rings (SSSR count). The van der Waals surface area contributed by atoms with Crippen molar-refractivity contribution < 1.29 is 9.57 Å². The normalized spacial score (nSPS) is 21.6. The Morgan fingerprint density at radius 2 is 2.11 bits per heavy atom. The number of fused-ring (bicyclic) bond motifs is 1. The van der Waals surface area contributed by atoms with E-state index in [1.165, 1.54) is 11.1 Å². The van der Waals surface area contributed by atoms with Crippen LogP contribution >= 0.6 is 0 Å². The minimum absolute atomic E-state index is 0.164. The summed E-state index contributed by atoms with van der Waals surface area (Å²) in [5, 5.41) is 0. The van der Waals surface area contributed by atoms with E-state index in [9.17, 15) is 0 Å². The van der Waals surface area contributed by atoms with E-state index < -0.39 is 0 Å². The van der Waals surface area contributed by atoms with Crippen LogP contribution in [-0.2, 0) is 4.84 Å². The minimum atomic E-state index is -0.164. The summed E-state index contributed by atoms with van der Waals surface area (Å²) in [6.45, 7) is 8.62. The van der Waals surface area contributed by atoms with Gasteiger partial charge in [0.25, 0.3) is 0 Å². The van der Waals surface area contributed by atoms with E-state index in [1.54, 1.807) is 7.11 Å². The van der Waals surface area contributed by atoms with Gasteiger partial charge in [0.15, 0.2) is 0 Å². The average molecular weight is 249 g/mol. The quantitative estimate of drug-likeness (QED) is 0.831. The smallest absolute Gasteiger partial charge is 0.124 e. The fourth-order valence-corrected chi connectivity index (χ4v) is 2.48. The number of hydroxylamine groups is 1. The highest BCUT2D eigenvalue weighted by Crippen LogP contribution is 2.40. The summed E-state index contributed by atoms with van der Waals surface area (Å²) in [7, 11) is 1.66. The molecule has 1 aromatic carbocycles. The molecule has 3 nitrogen and oxygen atoms in total. The maximum Gasteiger partial charge on any atom is 0.124 e. The summed E-state index contributed by atoms with van der Waals surface area (Å²) in [6, 6.07) is 6.64. The monoisotopic (exact) mass is 249 g/mol. The highest BCUT2D eigenvalue weighted by molar-refractivity contribution is 5.42. The van der Waals surface area contributed by atoms with Gasteiger partial charge in [-0.2, -0.15) is 5.48 Å². The zero-order chi connectivity index (χ0) is 13.3. The SMILES string of the molecule is CONC1CC(C)(C)Oc2ccc(C(C)C)cc21. The molecule has 18 heavy (non-hydrogen) atoms. The highest BCUT2D eigenvalue weighted by Gasteiger charge is 2.34. The van der Waals surface area contributed by atoms with Crippen LogP contribution in [0.5, 0.6) is 5.75 Å². The topological polar surface area (TPSA) is 30.5 Å². The number of benzene rings is 1. The first-order valence-electron chi connectivity index (χ1n) is 6.54. The highest BCUT2D eigenvalue weighted by atomic mass is 16.6. The van der Waals surface area contributed by atoms with Crippen molar-refractivity contribution in [1.29, 1.82) is 0 Å². The van der Waals surface area contributed by atoms with Gasteiger partial charge in [0.1, 0.15) is 11.4 Å². The van der Waals surface area contributed by atoms with E-state index in [2.05, 4.69) is 51.4 Å². The molecule has 1 atom stereocenters. The van der Waals surface area contributed by atoms with Crippen molar-refractivity contribution >= 4 is 0 Å². The third-order valence-electron chi connectivity index (χ3n) is 3.42. The van der Waals surface area contributed by atoms with E-state index in [0.717, 1.165) is 12.2 Å². The Hall–Kier alpha value is -1.06. The van der Waals surface area contributed by atoms with E-state index in [0.29, 0.717) is 5.92 Å². The zero-order valence-corrected chi connectivity index (χ0v) is 11.9. The molecule has 0 aliphatic carbocycles. The maximum absolute atomic E-state index is 6.04. The Morgan fingerprint density at radius 3 is 2.72 bits per heavy atom. The van der Waals surface area contributed by atoms with Gasteiger partial charge in [-0.15, -0.1) is 0 Å². The van der Waals surface area contributed by atoms with Crippen molar-refractivity contribution in [2.24, 2.45) is 0 Å². The Morgan fingerprint density at radius 1 is 1.39 bits per heavy atom. The predicted molar refractivity (Wildman–Crippen MR) is 72.7 cm³/mol. The number of nitrogens with one attached hydrogen (secondary N) is 1. The van der Waals surface area contributed by atoms with Crippen LogP contribution in [0.1, 0.15) is 57.2 Å². The van der Waals surface area contributed by atoms with E-state index in [1.807, 2.05) is 0 Å². The Labute approximate surface area is 109 Å². The van der Waals surface area contributed by atoms with Crippen molar-refractivity contribution in [3.8, 4) is 5.75 Å². The van der Waals surface area contributed by atoms with Gasteiger partial charge in [-0.1, -0.05) is 26.0 Å². The molecule has 100 valence electrons. The molecule has 0 saturated carbocycles. The first-order valence-corrected chi connectivity index (χ1v) is 6.54. The average Bonchev–Trinajstić information content (AvgIpc) is 2.27. The molecule has 0 saturated heterocycles. The lowest BCUT2D eigenvalue weighted by atomic mass is 9.88. The van der Waals surface area contributed by atoms with Crippen LogP contribution < -0.4 is 10.2 Å². The van der Waals surface area contributed by atoms with Crippen molar-refractivity contribution in [3.63, 3.8) is 0 Å². The first-order chi connectivity index (χ1) is 8.43. The largest absolute Gasteiger partial charge is 0.487 e. The molecule has 0 spiro atoms. The van der Waals surface area contributed by atoms with Crippen molar-refractivity contribution in [1.82, 2.24) is 5.48 Å². The summed E-state index contributed by atoms with van der Waals surface area (Å²) in [5.41, 5.74) is 5.45.